The van der Waals surface area contributed by atoms with Gasteiger partial charge in [0.15, 0.2) is 0 Å². The molecular formula is C16H24N2O2. The number of nitrogens with zero attached hydrogens (tertiary/aromatic N) is 1. The molecule has 110 valence electrons. The van der Waals surface area contributed by atoms with Crippen molar-refractivity contribution in [2.24, 2.45) is 11.7 Å². The zero-order valence-corrected chi connectivity index (χ0v) is 12.2. The van der Waals surface area contributed by atoms with Gasteiger partial charge in [0.1, 0.15) is 5.76 Å². The Hall–Kier alpha value is -1.29. The van der Waals surface area contributed by atoms with Gasteiger partial charge in [-0.25, -0.2) is 0 Å². The van der Waals surface area contributed by atoms with Crippen LogP contribution < -0.4 is 5.73 Å². The molecule has 2 N–H and O–H groups in total. The third-order valence-electron chi connectivity index (χ3n) is 4.82. The van der Waals surface area contributed by atoms with Crippen molar-refractivity contribution in [3.63, 3.8) is 0 Å². The number of nitrogens with two attached hydrogens (primary N) is 1. The number of carbonyl (C=O) groups is 1. The van der Waals surface area contributed by atoms with Gasteiger partial charge in [0.25, 0.3) is 0 Å². The molecule has 0 radical (unpaired) electrons. The fourth-order valence-electron chi connectivity index (χ4n) is 3.32. The Morgan fingerprint density at radius 3 is 2.65 bits per heavy atom. The Labute approximate surface area is 120 Å². The third kappa shape index (κ3) is 2.62. The molecule has 0 bridgehead atoms. The van der Waals surface area contributed by atoms with Crippen molar-refractivity contribution in [1.82, 2.24) is 4.90 Å². The summed E-state index contributed by atoms with van der Waals surface area (Å²) in [5.41, 5.74) is 5.63. The Morgan fingerprint density at radius 2 is 2.10 bits per heavy atom. The Kier molecular flexibility index (Phi) is 3.59. The van der Waals surface area contributed by atoms with E-state index in [1.165, 1.54) is 12.8 Å². The smallest absolute Gasteiger partial charge is 0.243 e. The normalized spacial score (nSPS) is 22.7. The molecule has 4 nitrogen and oxygen atoms in total. The summed E-state index contributed by atoms with van der Waals surface area (Å²) in [4.78, 5) is 14.9. The van der Waals surface area contributed by atoms with Gasteiger partial charge in [-0.3, -0.25) is 4.79 Å². The van der Waals surface area contributed by atoms with Crippen molar-refractivity contribution in [3.8, 4) is 0 Å². The molecule has 1 atom stereocenters. The Bertz CT molecular complexity index is 457. The van der Waals surface area contributed by atoms with Crippen molar-refractivity contribution in [1.29, 1.82) is 0 Å². The highest BCUT2D eigenvalue weighted by Gasteiger charge is 2.47. The second-order valence-corrected chi connectivity index (χ2v) is 6.51. The molecule has 2 aliphatic rings. The molecule has 4 heteroatoms. The Balaban J connectivity index is 1.78. The van der Waals surface area contributed by atoms with E-state index in [9.17, 15) is 4.79 Å². The number of rotatable bonds is 5. The van der Waals surface area contributed by atoms with Crippen LogP contribution in [0.2, 0.25) is 0 Å². The van der Waals surface area contributed by atoms with Gasteiger partial charge in [-0.15, -0.1) is 0 Å². The van der Waals surface area contributed by atoms with E-state index in [1.807, 2.05) is 24.0 Å². The van der Waals surface area contributed by atoms with Crippen molar-refractivity contribution in [2.75, 3.05) is 0 Å². The Morgan fingerprint density at radius 1 is 1.40 bits per heavy atom. The van der Waals surface area contributed by atoms with E-state index in [0.29, 0.717) is 18.5 Å². The van der Waals surface area contributed by atoms with Crippen molar-refractivity contribution >= 4 is 5.91 Å². The average molecular weight is 276 g/mol. The number of furan rings is 1. The highest BCUT2D eigenvalue weighted by molar-refractivity contribution is 5.86. The topological polar surface area (TPSA) is 59.5 Å². The summed E-state index contributed by atoms with van der Waals surface area (Å²) in [5.74, 6) is 1.30. The van der Waals surface area contributed by atoms with Gasteiger partial charge >= 0.3 is 0 Å². The van der Waals surface area contributed by atoms with Crippen molar-refractivity contribution < 1.29 is 9.21 Å². The molecule has 3 rings (SSSR count). The van der Waals surface area contributed by atoms with Crippen LogP contribution in [-0.4, -0.2) is 22.4 Å². The van der Waals surface area contributed by atoms with Gasteiger partial charge in [-0.1, -0.05) is 12.8 Å². The van der Waals surface area contributed by atoms with E-state index in [1.54, 1.807) is 6.26 Å². The lowest BCUT2D eigenvalue weighted by Gasteiger charge is -2.35. The van der Waals surface area contributed by atoms with Gasteiger partial charge in [-0.2, -0.15) is 0 Å². The molecule has 2 saturated carbocycles. The molecule has 1 unspecified atom stereocenters. The molecule has 20 heavy (non-hydrogen) atoms. The van der Waals surface area contributed by atoms with Gasteiger partial charge in [-0.05, 0) is 50.7 Å². The van der Waals surface area contributed by atoms with Crippen LogP contribution in [0, 0.1) is 5.92 Å². The zero-order chi connectivity index (χ0) is 14.2. The molecular weight excluding hydrogens is 252 g/mol. The number of hydrogen-bond donors (Lipinski definition) is 1. The zero-order valence-electron chi connectivity index (χ0n) is 12.2. The van der Waals surface area contributed by atoms with Crippen LogP contribution in [0.25, 0.3) is 0 Å². The standard InChI is InChI=1S/C16H24N2O2/c1-16(17,12-8-9-12)15(19)18(13-5-2-3-6-13)11-14-7-4-10-20-14/h4,7,10,12-13H,2-3,5-6,8-9,11,17H2,1H3. The molecule has 0 aliphatic heterocycles. The summed E-state index contributed by atoms with van der Waals surface area (Å²) < 4.78 is 5.43. The molecule has 1 heterocycles. The lowest BCUT2D eigenvalue weighted by molar-refractivity contribution is -0.140. The minimum Gasteiger partial charge on any atom is -0.467 e. The summed E-state index contributed by atoms with van der Waals surface area (Å²) in [7, 11) is 0. The molecule has 0 saturated heterocycles. The summed E-state index contributed by atoms with van der Waals surface area (Å²) in [6, 6.07) is 4.13. The second-order valence-electron chi connectivity index (χ2n) is 6.51. The van der Waals surface area contributed by atoms with Crippen LogP contribution in [0.4, 0.5) is 0 Å². The van der Waals surface area contributed by atoms with Crippen molar-refractivity contribution in [2.45, 2.75) is 63.6 Å². The maximum atomic E-state index is 12.9. The predicted molar refractivity (Wildman–Crippen MR) is 76.8 cm³/mol. The van der Waals surface area contributed by atoms with Crippen LogP contribution in [0.1, 0.15) is 51.2 Å². The fraction of sp³-hybridized carbons (Fsp3) is 0.688. The van der Waals surface area contributed by atoms with Crippen molar-refractivity contribution in [3.05, 3.63) is 24.2 Å². The number of hydrogen-bond acceptors (Lipinski definition) is 3. The highest BCUT2D eigenvalue weighted by Crippen LogP contribution is 2.40. The van der Waals surface area contributed by atoms with E-state index in [2.05, 4.69) is 0 Å². The molecule has 2 aliphatic carbocycles. The first kappa shape index (κ1) is 13.7. The quantitative estimate of drug-likeness (QED) is 0.899. The van der Waals surface area contributed by atoms with E-state index in [4.69, 9.17) is 10.2 Å². The largest absolute Gasteiger partial charge is 0.467 e. The van der Waals surface area contributed by atoms with Crippen LogP contribution in [-0.2, 0) is 11.3 Å². The lowest BCUT2D eigenvalue weighted by atomic mass is 9.94. The van der Waals surface area contributed by atoms with Gasteiger partial charge < -0.3 is 15.1 Å². The average Bonchev–Trinajstić information content (AvgIpc) is 2.94. The van der Waals surface area contributed by atoms with Crippen LogP contribution in [0.15, 0.2) is 22.8 Å². The summed E-state index contributed by atoms with van der Waals surface area (Å²) in [6.07, 6.45) is 8.42. The predicted octanol–water partition coefficient (Wildman–Crippen LogP) is 2.68. The van der Waals surface area contributed by atoms with E-state index < -0.39 is 5.54 Å². The van der Waals surface area contributed by atoms with Crippen LogP contribution in [0.3, 0.4) is 0 Å². The number of amides is 1. The molecule has 0 aromatic carbocycles. The fourth-order valence-corrected chi connectivity index (χ4v) is 3.32. The number of carbonyl (C=O) groups excluding carboxylic acids is 1. The van der Waals surface area contributed by atoms with Gasteiger partial charge in [0, 0.05) is 6.04 Å². The maximum absolute atomic E-state index is 12.9. The summed E-state index contributed by atoms with van der Waals surface area (Å²) in [5, 5.41) is 0. The van der Waals surface area contributed by atoms with Crippen LogP contribution in [0.5, 0.6) is 0 Å². The van der Waals surface area contributed by atoms with Gasteiger partial charge in [0.2, 0.25) is 5.91 Å². The minimum absolute atomic E-state index is 0.100. The molecule has 1 aromatic heterocycles. The summed E-state index contributed by atoms with van der Waals surface area (Å²) >= 11 is 0. The highest BCUT2D eigenvalue weighted by atomic mass is 16.3. The first-order valence-corrected chi connectivity index (χ1v) is 7.71. The molecule has 0 spiro atoms. The first-order valence-electron chi connectivity index (χ1n) is 7.71. The lowest BCUT2D eigenvalue weighted by Crippen LogP contribution is -2.56. The van der Waals surface area contributed by atoms with Crippen LogP contribution >= 0.6 is 0 Å². The van der Waals surface area contributed by atoms with Gasteiger partial charge in [0.05, 0.1) is 18.3 Å². The monoisotopic (exact) mass is 276 g/mol. The molecule has 1 amide bonds. The third-order valence-corrected chi connectivity index (χ3v) is 4.82. The first-order chi connectivity index (χ1) is 9.59. The summed E-state index contributed by atoms with van der Waals surface area (Å²) in [6.45, 7) is 2.45. The van der Waals surface area contributed by atoms with E-state index >= 15 is 0 Å². The second kappa shape index (κ2) is 5.24. The molecule has 2 fully saturated rings. The minimum atomic E-state index is -0.713. The SMILES string of the molecule is CC(N)(C(=O)N(Cc1ccco1)C1CCCC1)C1CC1. The van der Waals surface area contributed by atoms with E-state index in [0.717, 1.165) is 31.4 Å². The molecule has 1 aromatic rings. The van der Waals surface area contributed by atoms with E-state index in [-0.39, 0.29) is 5.91 Å². The maximum Gasteiger partial charge on any atom is 0.243 e.